The van der Waals surface area contributed by atoms with Crippen LogP contribution >= 0.6 is 0 Å². The van der Waals surface area contributed by atoms with Crippen LogP contribution in [0.1, 0.15) is 13.3 Å². The molecular formula is C7H13NO3. The molecule has 4 heteroatoms. The third-order valence-corrected chi connectivity index (χ3v) is 2.01. The summed E-state index contributed by atoms with van der Waals surface area (Å²) in [7, 11) is 0. The fourth-order valence-electron chi connectivity index (χ4n) is 1.45. The maximum absolute atomic E-state index is 10.9. The maximum Gasteiger partial charge on any atom is 0.219 e. The van der Waals surface area contributed by atoms with E-state index in [1.807, 2.05) is 0 Å². The van der Waals surface area contributed by atoms with Crippen LogP contribution in [0.5, 0.6) is 0 Å². The average molecular weight is 159 g/mol. The van der Waals surface area contributed by atoms with Crippen molar-refractivity contribution >= 4 is 5.91 Å². The first-order chi connectivity index (χ1) is 5.15. The standard InChI is InChI=1S/C7H13NO3/c1-5(10)8-3-7(11)2-6(8)4-9/h6-7,9,11H,2-4H2,1H3. The molecule has 0 aliphatic carbocycles. The van der Waals surface area contributed by atoms with Crippen LogP contribution in [-0.2, 0) is 4.79 Å². The first-order valence-electron chi connectivity index (χ1n) is 3.71. The van der Waals surface area contributed by atoms with Gasteiger partial charge < -0.3 is 15.1 Å². The summed E-state index contributed by atoms with van der Waals surface area (Å²) in [6.45, 7) is 1.75. The monoisotopic (exact) mass is 159 g/mol. The highest BCUT2D eigenvalue weighted by atomic mass is 16.3. The number of hydrogen-bond acceptors (Lipinski definition) is 3. The molecule has 2 N–H and O–H groups in total. The van der Waals surface area contributed by atoms with E-state index in [0.717, 1.165) is 0 Å². The van der Waals surface area contributed by atoms with E-state index in [1.54, 1.807) is 0 Å². The van der Waals surface area contributed by atoms with Gasteiger partial charge in [0.1, 0.15) is 0 Å². The Kier molecular flexibility index (Phi) is 2.46. The molecule has 0 spiro atoms. The van der Waals surface area contributed by atoms with Crippen molar-refractivity contribution in [1.82, 2.24) is 4.90 Å². The van der Waals surface area contributed by atoms with Crippen LogP contribution in [0.15, 0.2) is 0 Å². The normalized spacial score (nSPS) is 31.0. The molecule has 64 valence electrons. The van der Waals surface area contributed by atoms with Crippen LogP contribution in [0.4, 0.5) is 0 Å². The smallest absolute Gasteiger partial charge is 0.219 e. The number of rotatable bonds is 1. The van der Waals surface area contributed by atoms with E-state index in [-0.39, 0.29) is 18.6 Å². The highest BCUT2D eigenvalue weighted by molar-refractivity contribution is 5.74. The summed E-state index contributed by atoms with van der Waals surface area (Å²) in [5, 5.41) is 17.9. The van der Waals surface area contributed by atoms with Crippen LogP contribution in [0, 0.1) is 0 Å². The Labute approximate surface area is 65.4 Å². The van der Waals surface area contributed by atoms with E-state index < -0.39 is 6.10 Å². The SMILES string of the molecule is CC(=O)N1CC(O)CC1CO. The van der Waals surface area contributed by atoms with Gasteiger partial charge in [-0.25, -0.2) is 0 Å². The molecule has 2 unspecified atom stereocenters. The summed E-state index contributed by atoms with van der Waals surface area (Å²) >= 11 is 0. The minimum absolute atomic E-state index is 0.0589. The number of hydrogen-bond donors (Lipinski definition) is 2. The van der Waals surface area contributed by atoms with Gasteiger partial charge in [-0.05, 0) is 6.42 Å². The Morgan fingerprint density at radius 2 is 2.36 bits per heavy atom. The van der Waals surface area contributed by atoms with E-state index >= 15 is 0 Å². The second kappa shape index (κ2) is 3.19. The second-order valence-electron chi connectivity index (χ2n) is 2.90. The Hall–Kier alpha value is -0.610. The van der Waals surface area contributed by atoms with Crippen molar-refractivity contribution in [2.75, 3.05) is 13.2 Å². The van der Waals surface area contributed by atoms with Crippen molar-refractivity contribution in [2.24, 2.45) is 0 Å². The Morgan fingerprint density at radius 3 is 2.73 bits per heavy atom. The van der Waals surface area contributed by atoms with Crippen LogP contribution in [0.2, 0.25) is 0 Å². The fourth-order valence-corrected chi connectivity index (χ4v) is 1.45. The van der Waals surface area contributed by atoms with Crippen LogP contribution < -0.4 is 0 Å². The van der Waals surface area contributed by atoms with Crippen LogP contribution in [0.3, 0.4) is 0 Å². The lowest BCUT2D eigenvalue weighted by Crippen LogP contribution is -2.36. The van der Waals surface area contributed by atoms with E-state index in [2.05, 4.69) is 0 Å². The molecule has 0 radical (unpaired) electrons. The Bertz CT molecular complexity index is 160. The van der Waals surface area contributed by atoms with Crippen molar-refractivity contribution < 1.29 is 15.0 Å². The molecule has 1 saturated heterocycles. The number of aliphatic hydroxyl groups excluding tert-OH is 2. The lowest BCUT2D eigenvalue weighted by Gasteiger charge is -2.20. The highest BCUT2D eigenvalue weighted by Crippen LogP contribution is 2.16. The molecule has 4 nitrogen and oxygen atoms in total. The molecule has 0 aromatic heterocycles. The molecule has 0 aromatic carbocycles. The molecule has 1 fully saturated rings. The minimum atomic E-state index is -0.462. The summed E-state index contributed by atoms with van der Waals surface area (Å²) in [5.41, 5.74) is 0. The number of likely N-dealkylation sites (tertiary alicyclic amines) is 1. The van der Waals surface area contributed by atoms with Gasteiger partial charge in [-0.15, -0.1) is 0 Å². The van der Waals surface area contributed by atoms with Gasteiger partial charge in [0.2, 0.25) is 5.91 Å². The van der Waals surface area contributed by atoms with Gasteiger partial charge >= 0.3 is 0 Å². The van der Waals surface area contributed by atoms with Crippen molar-refractivity contribution in [3.8, 4) is 0 Å². The predicted octanol–water partition coefficient (Wildman–Crippen LogP) is -1.04. The van der Waals surface area contributed by atoms with E-state index in [4.69, 9.17) is 10.2 Å². The molecule has 2 atom stereocenters. The van der Waals surface area contributed by atoms with Crippen LogP contribution in [0.25, 0.3) is 0 Å². The van der Waals surface area contributed by atoms with Crippen molar-refractivity contribution in [3.05, 3.63) is 0 Å². The summed E-state index contributed by atoms with van der Waals surface area (Å²) in [4.78, 5) is 12.4. The van der Waals surface area contributed by atoms with Gasteiger partial charge in [-0.3, -0.25) is 4.79 Å². The summed E-state index contributed by atoms with van der Waals surface area (Å²) < 4.78 is 0. The van der Waals surface area contributed by atoms with Gasteiger partial charge in [-0.2, -0.15) is 0 Å². The number of carbonyl (C=O) groups is 1. The number of carbonyl (C=O) groups excluding carboxylic acids is 1. The van der Waals surface area contributed by atoms with Gasteiger partial charge in [0.25, 0.3) is 0 Å². The molecule has 0 saturated carbocycles. The average Bonchev–Trinajstić information content (AvgIpc) is 2.30. The Morgan fingerprint density at radius 1 is 1.73 bits per heavy atom. The molecule has 0 aromatic rings. The van der Waals surface area contributed by atoms with Gasteiger partial charge in [0.15, 0.2) is 0 Å². The van der Waals surface area contributed by atoms with Crippen molar-refractivity contribution in [1.29, 1.82) is 0 Å². The zero-order valence-electron chi connectivity index (χ0n) is 6.53. The van der Waals surface area contributed by atoms with Gasteiger partial charge in [0, 0.05) is 13.5 Å². The molecule has 1 aliphatic rings. The lowest BCUT2D eigenvalue weighted by atomic mass is 10.2. The number of nitrogens with zero attached hydrogens (tertiary/aromatic N) is 1. The molecule has 1 aliphatic heterocycles. The van der Waals surface area contributed by atoms with Gasteiger partial charge in [-0.1, -0.05) is 0 Å². The predicted molar refractivity (Wildman–Crippen MR) is 38.9 cm³/mol. The largest absolute Gasteiger partial charge is 0.394 e. The molecule has 1 rings (SSSR count). The van der Waals surface area contributed by atoms with Crippen molar-refractivity contribution in [2.45, 2.75) is 25.5 Å². The van der Waals surface area contributed by atoms with E-state index in [0.29, 0.717) is 13.0 Å². The third kappa shape index (κ3) is 1.70. The number of amides is 1. The highest BCUT2D eigenvalue weighted by Gasteiger charge is 2.31. The zero-order chi connectivity index (χ0) is 8.43. The fraction of sp³-hybridized carbons (Fsp3) is 0.857. The quantitative estimate of drug-likeness (QED) is 0.514. The molecule has 1 amide bonds. The molecule has 11 heavy (non-hydrogen) atoms. The topological polar surface area (TPSA) is 60.8 Å². The van der Waals surface area contributed by atoms with E-state index in [9.17, 15) is 4.79 Å². The first-order valence-corrected chi connectivity index (χ1v) is 3.71. The van der Waals surface area contributed by atoms with Crippen molar-refractivity contribution in [3.63, 3.8) is 0 Å². The minimum Gasteiger partial charge on any atom is -0.394 e. The van der Waals surface area contributed by atoms with Crippen LogP contribution in [-0.4, -0.2) is 46.3 Å². The lowest BCUT2D eigenvalue weighted by molar-refractivity contribution is -0.130. The zero-order valence-corrected chi connectivity index (χ0v) is 6.53. The number of β-amino-alcohol motifs (C(OH)–C–C–N with tert-alkyl or cyclic N) is 1. The third-order valence-electron chi connectivity index (χ3n) is 2.01. The molecule has 1 heterocycles. The second-order valence-corrected chi connectivity index (χ2v) is 2.90. The van der Waals surface area contributed by atoms with E-state index in [1.165, 1.54) is 11.8 Å². The summed E-state index contributed by atoms with van der Waals surface area (Å²) in [6.07, 6.45) is 0.0341. The van der Waals surface area contributed by atoms with Gasteiger partial charge in [0.05, 0.1) is 18.8 Å². The first kappa shape index (κ1) is 8.49. The number of aliphatic hydroxyl groups is 2. The summed E-state index contributed by atoms with van der Waals surface area (Å²) in [6, 6.07) is -0.178. The summed E-state index contributed by atoms with van der Waals surface area (Å²) in [5.74, 6) is -0.0828. The maximum atomic E-state index is 10.9. The molecule has 0 bridgehead atoms. The molecular weight excluding hydrogens is 146 g/mol. The Balaban J connectivity index is 2.57.